The fraction of sp³-hybridized carbons (Fsp3) is 0.0625. The minimum Gasteiger partial charge on any atom is -0.340 e. The highest BCUT2D eigenvalue weighted by Crippen LogP contribution is 2.29. The Morgan fingerprint density at radius 1 is 0.895 bits per heavy atom. The Balaban J connectivity index is 2.01. The van der Waals surface area contributed by atoms with Crippen LogP contribution < -0.4 is 0 Å². The molecule has 0 radical (unpaired) electrons. The average Bonchev–Trinajstić information content (AvgIpc) is 2.82. The van der Waals surface area contributed by atoms with Crippen molar-refractivity contribution in [2.75, 3.05) is 0 Å². The van der Waals surface area contributed by atoms with Crippen LogP contribution in [0.2, 0.25) is 0 Å². The number of thiazole rings is 1. The molecule has 0 fully saturated rings. The highest BCUT2D eigenvalue weighted by Gasteiger charge is 2.09. The molecular formula is C16H13NS2. The Labute approximate surface area is 121 Å². The number of aromatic amines is 1. The molecular weight excluding hydrogens is 270 g/mol. The van der Waals surface area contributed by atoms with Gasteiger partial charge >= 0.3 is 0 Å². The third-order valence-corrected chi connectivity index (χ3v) is 4.31. The van der Waals surface area contributed by atoms with Gasteiger partial charge in [0.2, 0.25) is 0 Å². The molecule has 3 rings (SSSR count). The zero-order chi connectivity index (χ0) is 13.1. The number of hydrogen-bond acceptors (Lipinski definition) is 2. The van der Waals surface area contributed by atoms with Crippen LogP contribution in [0.4, 0.5) is 0 Å². The predicted octanol–water partition coefficient (Wildman–Crippen LogP) is 5.06. The Bertz CT molecular complexity index is 711. The molecule has 3 heteroatoms. The van der Waals surface area contributed by atoms with Crippen molar-refractivity contribution in [2.24, 2.45) is 0 Å². The predicted molar refractivity (Wildman–Crippen MR) is 84.2 cm³/mol. The first-order valence-electron chi connectivity index (χ1n) is 6.14. The van der Waals surface area contributed by atoms with E-state index in [0.717, 1.165) is 10.4 Å². The number of H-pyrrole nitrogens is 1. The summed E-state index contributed by atoms with van der Waals surface area (Å²) in [4.78, 5) is 4.57. The first-order chi connectivity index (χ1) is 9.33. The molecule has 1 N–H and O–H groups in total. The molecule has 0 aliphatic heterocycles. The summed E-state index contributed by atoms with van der Waals surface area (Å²) >= 11 is 6.95. The lowest BCUT2D eigenvalue weighted by molar-refractivity contribution is 1.10. The number of rotatable bonds is 3. The SMILES string of the molecule is S=c1[nH]c(Cc2ccccc2)c(-c2ccccc2)s1. The number of benzene rings is 2. The number of hydrogen-bond donors (Lipinski definition) is 1. The molecule has 2 aromatic carbocycles. The molecule has 94 valence electrons. The van der Waals surface area contributed by atoms with Gasteiger partial charge in [-0.2, -0.15) is 0 Å². The van der Waals surface area contributed by atoms with Crippen molar-refractivity contribution in [3.63, 3.8) is 0 Å². The third-order valence-electron chi connectivity index (χ3n) is 2.98. The van der Waals surface area contributed by atoms with Gasteiger partial charge in [-0.15, -0.1) is 11.3 Å². The molecule has 1 nitrogen and oxygen atoms in total. The second-order valence-electron chi connectivity index (χ2n) is 4.35. The van der Waals surface area contributed by atoms with Gasteiger partial charge in [0.1, 0.15) is 0 Å². The fourth-order valence-electron chi connectivity index (χ4n) is 2.11. The average molecular weight is 283 g/mol. The van der Waals surface area contributed by atoms with Gasteiger partial charge in [-0.05, 0) is 23.3 Å². The van der Waals surface area contributed by atoms with Crippen LogP contribution in [0.1, 0.15) is 11.3 Å². The molecule has 0 aliphatic carbocycles. The van der Waals surface area contributed by atoms with Crippen LogP contribution >= 0.6 is 23.6 Å². The lowest BCUT2D eigenvalue weighted by Gasteiger charge is -2.03. The van der Waals surface area contributed by atoms with Gasteiger partial charge in [0.25, 0.3) is 0 Å². The molecule has 3 aromatic rings. The standard InChI is InChI=1S/C16H13NS2/c18-16-17-14(11-12-7-3-1-4-8-12)15(19-16)13-9-5-2-6-10-13/h1-10H,11H2,(H,17,18). The van der Waals surface area contributed by atoms with Gasteiger partial charge in [0, 0.05) is 12.1 Å². The van der Waals surface area contributed by atoms with Crippen molar-refractivity contribution in [3.05, 3.63) is 75.9 Å². The summed E-state index contributed by atoms with van der Waals surface area (Å²) in [5, 5.41) is 0. The Kier molecular flexibility index (Phi) is 3.58. The van der Waals surface area contributed by atoms with Crippen molar-refractivity contribution >= 4 is 23.6 Å². The summed E-state index contributed by atoms with van der Waals surface area (Å²) < 4.78 is 0.838. The van der Waals surface area contributed by atoms with Crippen molar-refractivity contribution in [1.82, 2.24) is 4.98 Å². The largest absolute Gasteiger partial charge is 0.340 e. The van der Waals surface area contributed by atoms with E-state index >= 15 is 0 Å². The van der Waals surface area contributed by atoms with Crippen LogP contribution in [-0.4, -0.2) is 4.98 Å². The van der Waals surface area contributed by atoms with Crippen LogP contribution in [0.5, 0.6) is 0 Å². The maximum absolute atomic E-state index is 5.30. The van der Waals surface area contributed by atoms with Crippen molar-refractivity contribution in [1.29, 1.82) is 0 Å². The van der Waals surface area contributed by atoms with E-state index in [0.29, 0.717) is 0 Å². The van der Waals surface area contributed by atoms with E-state index in [1.54, 1.807) is 11.3 Å². The minimum atomic E-state index is 0.838. The lowest BCUT2D eigenvalue weighted by Crippen LogP contribution is -1.90. The highest BCUT2D eigenvalue weighted by atomic mass is 32.1. The van der Waals surface area contributed by atoms with Crippen molar-refractivity contribution < 1.29 is 0 Å². The number of aromatic nitrogens is 1. The maximum Gasteiger partial charge on any atom is 0.159 e. The minimum absolute atomic E-state index is 0.838. The van der Waals surface area contributed by atoms with Crippen molar-refractivity contribution in [3.8, 4) is 10.4 Å². The first-order valence-corrected chi connectivity index (χ1v) is 7.37. The van der Waals surface area contributed by atoms with Gasteiger partial charge in [-0.3, -0.25) is 0 Å². The molecule has 0 unspecified atom stereocenters. The van der Waals surface area contributed by atoms with E-state index < -0.39 is 0 Å². The van der Waals surface area contributed by atoms with Crippen LogP contribution in [-0.2, 0) is 6.42 Å². The maximum atomic E-state index is 5.30. The van der Waals surface area contributed by atoms with Crippen LogP contribution in [0, 0.1) is 3.95 Å². The Hall–Kier alpha value is -1.71. The summed E-state index contributed by atoms with van der Waals surface area (Å²) in [6.45, 7) is 0. The molecule has 0 saturated heterocycles. The van der Waals surface area contributed by atoms with Gasteiger partial charge in [0.15, 0.2) is 3.95 Å². The summed E-state index contributed by atoms with van der Waals surface area (Å²) in [7, 11) is 0. The van der Waals surface area contributed by atoms with E-state index in [-0.39, 0.29) is 0 Å². The molecule has 0 atom stereocenters. The zero-order valence-corrected chi connectivity index (χ0v) is 11.9. The molecule has 1 aromatic heterocycles. The van der Waals surface area contributed by atoms with E-state index in [1.807, 2.05) is 12.1 Å². The topological polar surface area (TPSA) is 15.8 Å². The van der Waals surface area contributed by atoms with Crippen LogP contribution in [0.3, 0.4) is 0 Å². The smallest absolute Gasteiger partial charge is 0.159 e. The summed E-state index contributed by atoms with van der Waals surface area (Å²) in [6.07, 6.45) is 0.887. The monoisotopic (exact) mass is 283 g/mol. The van der Waals surface area contributed by atoms with Gasteiger partial charge in [0.05, 0.1) is 4.88 Å². The third kappa shape index (κ3) is 2.83. The summed E-state index contributed by atoms with van der Waals surface area (Å²) in [5.74, 6) is 0. The summed E-state index contributed by atoms with van der Waals surface area (Å²) in [5.41, 5.74) is 3.72. The summed E-state index contributed by atoms with van der Waals surface area (Å²) in [6, 6.07) is 20.9. The number of nitrogens with one attached hydrogen (secondary N) is 1. The molecule has 19 heavy (non-hydrogen) atoms. The molecule has 0 spiro atoms. The first kappa shape index (κ1) is 12.3. The molecule has 0 aliphatic rings. The lowest BCUT2D eigenvalue weighted by atomic mass is 10.1. The second kappa shape index (κ2) is 5.51. The second-order valence-corrected chi connectivity index (χ2v) is 6.04. The molecule has 0 saturated carbocycles. The van der Waals surface area contributed by atoms with E-state index in [4.69, 9.17) is 12.2 Å². The van der Waals surface area contributed by atoms with Gasteiger partial charge in [-0.1, -0.05) is 60.7 Å². The van der Waals surface area contributed by atoms with E-state index in [9.17, 15) is 0 Å². The molecule has 0 amide bonds. The zero-order valence-electron chi connectivity index (χ0n) is 10.3. The van der Waals surface area contributed by atoms with E-state index in [1.165, 1.54) is 21.7 Å². The van der Waals surface area contributed by atoms with Gasteiger partial charge in [-0.25, -0.2) is 0 Å². The normalized spacial score (nSPS) is 10.5. The Morgan fingerprint density at radius 2 is 1.53 bits per heavy atom. The van der Waals surface area contributed by atoms with Crippen LogP contribution in [0.15, 0.2) is 60.7 Å². The molecule has 0 bridgehead atoms. The highest BCUT2D eigenvalue weighted by molar-refractivity contribution is 7.73. The van der Waals surface area contributed by atoms with Crippen LogP contribution in [0.25, 0.3) is 10.4 Å². The molecule has 1 heterocycles. The Morgan fingerprint density at radius 3 is 2.21 bits per heavy atom. The van der Waals surface area contributed by atoms with Gasteiger partial charge < -0.3 is 4.98 Å². The quantitative estimate of drug-likeness (QED) is 0.664. The van der Waals surface area contributed by atoms with E-state index in [2.05, 4.69) is 53.5 Å². The van der Waals surface area contributed by atoms with Crippen molar-refractivity contribution in [2.45, 2.75) is 6.42 Å². The fourth-order valence-corrected chi connectivity index (χ4v) is 3.34.